The number of benzene rings is 1. The van der Waals surface area contributed by atoms with Gasteiger partial charge in [0.25, 0.3) is 5.91 Å². The highest BCUT2D eigenvalue weighted by atomic mass is 19.4. The molecule has 2 fully saturated rings. The average Bonchev–Trinajstić information content (AvgIpc) is 3.64. The molecular weight excluding hydrogens is 555 g/mol. The van der Waals surface area contributed by atoms with Crippen molar-refractivity contribution in [2.24, 2.45) is 17.3 Å². The fourth-order valence-electron chi connectivity index (χ4n) is 7.18. The van der Waals surface area contributed by atoms with E-state index in [4.69, 9.17) is 9.72 Å². The topological polar surface area (TPSA) is 63.5 Å². The van der Waals surface area contributed by atoms with Crippen LogP contribution in [0.2, 0.25) is 0 Å². The van der Waals surface area contributed by atoms with Gasteiger partial charge >= 0.3 is 6.18 Å². The minimum atomic E-state index is -4.15. The number of fused-ring (bicyclic) bond motifs is 3. The fraction of sp³-hybridized carbons (Fsp3) is 0.545. The second-order valence-electron chi connectivity index (χ2n) is 13.1. The number of ether oxygens (including phenoxy) is 1. The molecule has 0 radical (unpaired) electrons. The van der Waals surface area contributed by atoms with E-state index in [0.29, 0.717) is 42.0 Å². The van der Waals surface area contributed by atoms with Crippen LogP contribution in [-0.2, 0) is 6.54 Å². The maximum Gasteiger partial charge on any atom is 0.394 e. The van der Waals surface area contributed by atoms with Crippen LogP contribution in [0.15, 0.2) is 54.7 Å². The molecule has 3 atom stereocenters. The summed E-state index contributed by atoms with van der Waals surface area (Å²) < 4.78 is 47.0. The van der Waals surface area contributed by atoms with Crippen LogP contribution >= 0.6 is 0 Å². The molecule has 2 aromatic heterocycles. The van der Waals surface area contributed by atoms with E-state index >= 15 is 0 Å². The lowest BCUT2D eigenvalue weighted by Gasteiger charge is -2.59. The van der Waals surface area contributed by atoms with Crippen molar-refractivity contribution in [1.82, 2.24) is 19.7 Å². The molecule has 6 rings (SSSR count). The van der Waals surface area contributed by atoms with Gasteiger partial charge in [0.1, 0.15) is 12.0 Å². The van der Waals surface area contributed by atoms with E-state index in [1.807, 2.05) is 29.2 Å². The Morgan fingerprint density at radius 2 is 1.81 bits per heavy atom. The smallest absolute Gasteiger partial charge is 0.394 e. The summed E-state index contributed by atoms with van der Waals surface area (Å²) >= 11 is 0. The van der Waals surface area contributed by atoms with Crippen LogP contribution in [0.25, 0.3) is 5.82 Å². The van der Waals surface area contributed by atoms with E-state index in [9.17, 15) is 18.0 Å². The van der Waals surface area contributed by atoms with Gasteiger partial charge < -0.3 is 14.5 Å². The van der Waals surface area contributed by atoms with Crippen LogP contribution < -0.4 is 9.64 Å². The summed E-state index contributed by atoms with van der Waals surface area (Å²) in [5, 5.41) is 4.49. The number of aromatic nitrogens is 3. The predicted molar refractivity (Wildman–Crippen MR) is 158 cm³/mol. The molecule has 1 aliphatic carbocycles. The number of alkyl halides is 3. The van der Waals surface area contributed by atoms with E-state index in [-0.39, 0.29) is 49.4 Å². The molecule has 1 saturated carbocycles. The molecule has 4 heterocycles. The van der Waals surface area contributed by atoms with Crippen molar-refractivity contribution in [3.63, 3.8) is 0 Å². The second-order valence-corrected chi connectivity index (χ2v) is 13.1. The Labute approximate surface area is 251 Å². The zero-order valence-electron chi connectivity index (χ0n) is 25.3. The molecule has 0 N–H and O–H groups in total. The van der Waals surface area contributed by atoms with Crippen LogP contribution in [0.5, 0.6) is 5.88 Å². The van der Waals surface area contributed by atoms with Gasteiger partial charge in [0, 0.05) is 24.3 Å². The lowest BCUT2D eigenvalue weighted by Crippen LogP contribution is -2.68. The fourth-order valence-corrected chi connectivity index (χ4v) is 7.18. The van der Waals surface area contributed by atoms with Crippen molar-refractivity contribution in [2.45, 2.75) is 90.6 Å². The van der Waals surface area contributed by atoms with Gasteiger partial charge in [0.15, 0.2) is 5.82 Å². The first kappa shape index (κ1) is 29.5. The number of piperidine rings is 1. The minimum Gasteiger partial charge on any atom is -0.477 e. The monoisotopic (exact) mass is 595 g/mol. The molecule has 3 aliphatic rings. The van der Waals surface area contributed by atoms with Gasteiger partial charge in [-0.1, -0.05) is 50.6 Å². The van der Waals surface area contributed by atoms with Crippen LogP contribution in [0.1, 0.15) is 82.1 Å². The average molecular weight is 596 g/mol. The Balaban J connectivity index is 1.26. The van der Waals surface area contributed by atoms with Gasteiger partial charge in [-0.05, 0) is 75.5 Å². The first-order valence-corrected chi connectivity index (χ1v) is 15.3. The quantitative estimate of drug-likeness (QED) is 0.241. The van der Waals surface area contributed by atoms with Crippen molar-refractivity contribution in [3.05, 3.63) is 65.9 Å². The number of pyridine rings is 1. The van der Waals surface area contributed by atoms with E-state index in [1.165, 1.54) is 0 Å². The molecule has 3 aromatic rings. The van der Waals surface area contributed by atoms with E-state index in [2.05, 4.69) is 49.8 Å². The van der Waals surface area contributed by atoms with Crippen LogP contribution in [0.4, 0.5) is 19.0 Å². The number of rotatable bonds is 9. The standard InChI is InChI=1S/C33H40F3N5O2/c1-5-24-20-31(3,4)41-28-25(30(42)39(29(41)22(24)2)21-23-10-7-6-8-11-23)12-13-26(37-28)40-18-14-27(38-40)43-19-9-15-32(16-17-32)33(34,35)36/h6-8,10-14,18,22,24,29H,5,9,15-17,19-21H2,1-4H3/t22?,24-,29?/m0/s1. The Hall–Kier alpha value is -3.56. The first-order chi connectivity index (χ1) is 20.4. The van der Waals surface area contributed by atoms with Crippen molar-refractivity contribution in [1.29, 1.82) is 0 Å². The summed E-state index contributed by atoms with van der Waals surface area (Å²) in [6.45, 7) is 9.61. The highest BCUT2D eigenvalue weighted by molar-refractivity contribution is 6.01. The Kier molecular flexibility index (Phi) is 7.45. The third kappa shape index (κ3) is 5.38. The largest absolute Gasteiger partial charge is 0.477 e. The number of halogens is 3. The van der Waals surface area contributed by atoms with Gasteiger partial charge in [0.05, 0.1) is 17.6 Å². The van der Waals surface area contributed by atoms with E-state index < -0.39 is 11.6 Å². The van der Waals surface area contributed by atoms with Crippen molar-refractivity contribution >= 4 is 11.7 Å². The van der Waals surface area contributed by atoms with Gasteiger partial charge in [0.2, 0.25) is 5.88 Å². The number of carbonyl (C=O) groups excluding carboxylic acids is 1. The molecule has 1 saturated heterocycles. The maximum atomic E-state index is 14.1. The molecule has 2 aliphatic heterocycles. The molecule has 0 bridgehead atoms. The Morgan fingerprint density at radius 1 is 1.07 bits per heavy atom. The number of hydrogen-bond acceptors (Lipinski definition) is 5. The summed E-state index contributed by atoms with van der Waals surface area (Å²) in [7, 11) is 0. The summed E-state index contributed by atoms with van der Waals surface area (Å²) in [6, 6.07) is 15.4. The van der Waals surface area contributed by atoms with Crippen LogP contribution in [0.3, 0.4) is 0 Å². The number of nitrogens with zero attached hydrogens (tertiary/aromatic N) is 5. The molecule has 1 aromatic carbocycles. The summed E-state index contributed by atoms with van der Waals surface area (Å²) in [4.78, 5) is 23.5. The van der Waals surface area contributed by atoms with Gasteiger partial charge in [-0.3, -0.25) is 4.79 Å². The minimum absolute atomic E-state index is 0.0321. The zero-order valence-corrected chi connectivity index (χ0v) is 25.3. The predicted octanol–water partition coefficient (Wildman–Crippen LogP) is 7.40. The lowest BCUT2D eigenvalue weighted by atomic mass is 9.72. The molecule has 0 spiro atoms. The second kappa shape index (κ2) is 10.9. The molecule has 7 nitrogen and oxygen atoms in total. The normalized spacial score (nSPS) is 24.0. The van der Waals surface area contributed by atoms with Gasteiger partial charge in [-0.15, -0.1) is 5.10 Å². The van der Waals surface area contributed by atoms with Crippen molar-refractivity contribution < 1.29 is 22.7 Å². The summed E-state index contributed by atoms with van der Waals surface area (Å²) in [6.07, 6.45) is 0.233. The molecule has 10 heteroatoms. The van der Waals surface area contributed by atoms with E-state index in [1.54, 1.807) is 23.0 Å². The maximum absolute atomic E-state index is 14.1. The third-order valence-corrected chi connectivity index (χ3v) is 9.82. The van der Waals surface area contributed by atoms with Gasteiger partial charge in [-0.25, -0.2) is 9.67 Å². The number of anilines is 1. The van der Waals surface area contributed by atoms with Crippen LogP contribution in [-0.4, -0.2) is 50.1 Å². The molecular formula is C33H40F3N5O2. The molecule has 1 amide bonds. The number of hydrogen-bond donors (Lipinski definition) is 0. The van der Waals surface area contributed by atoms with Crippen LogP contribution in [0, 0.1) is 17.3 Å². The highest BCUT2D eigenvalue weighted by Crippen LogP contribution is 2.60. The summed E-state index contributed by atoms with van der Waals surface area (Å²) in [5.74, 6) is 2.20. The van der Waals surface area contributed by atoms with Crippen molar-refractivity contribution in [2.75, 3.05) is 11.5 Å². The third-order valence-electron chi connectivity index (χ3n) is 9.82. The van der Waals surface area contributed by atoms with Gasteiger partial charge in [-0.2, -0.15) is 13.2 Å². The molecule has 43 heavy (non-hydrogen) atoms. The van der Waals surface area contributed by atoms with Crippen molar-refractivity contribution in [3.8, 4) is 11.7 Å². The SMILES string of the molecule is CC[C@H]1CC(C)(C)N2c3nc(-n4ccc(OCCCC5(C(F)(F)F)CC5)n4)ccc3C(=O)N(Cc3ccccc3)C2C1C. The van der Waals surface area contributed by atoms with E-state index in [0.717, 1.165) is 18.4 Å². The summed E-state index contributed by atoms with van der Waals surface area (Å²) in [5.41, 5.74) is -0.122. The zero-order chi connectivity index (χ0) is 30.6. The Morgan fingerprint density at radius 3 is 2.49 bits per heavy atom. The molecule has 230 valence electrons. The lowest BCUT2D eigenvalue weighted by molar-refractivity contribution is -0.189. The first-order valence-electron chi connectivity index (χ1n) is 15.3. The highest BCUT2D eigenvalue weighted by Gasteiger charge is 2.62. The molecule has 2 unspecified atom stereocenters. The number of amides is 1. The number of carbonyl (C=O) groups is 1. The Bertz CT molecular complexity index is 1470.